The third-order valence-electron chi connectivity index (χ3n) is 3.27. The summed E-state index contributed by atoms with van der Waals surface area (Å²) in [6.07, 6.45) is 0. The first-order chi connectivity index (χ1) is 9.65. The summed E-state index contributed by atoms with van der Waals surface area (Å²) >= 11 is 0. The van der Waals surface area contributed by atoms with Crippen molar-refractivity contribution in [3.63, 3.8) is 0 Å². The Labute approximate surface area is 113 Å². The lowest BCUT2D eigenvalue weighted by atomic mass is 9.92. The minimum absolute atomic E-state index is 0.182. The van der Waals surface area contributed by atoms with Crippen molar-refractivity contribution in [2.45, 2.75) is 0 Å². The normalized spacial score (nSPS) is 10.4. The van der Waals surface area contributed by atoms with E-state index in [1.54, 1.807) is 0 Å². The first-order valence-electron chi connectivity index (χ1n) is 5.80. The van der Waals surface area contributed by atoms with Crippen molar-refractivity contribution >= 4 is 21.5 Å². The van der Waals surface area contributed by atoms with Gasteiger partial charge in [-0.05, 0) is 35.0 Å². The van der Waals surface area contributed by atoms with Gasteiger partial charge in [-0.15, -0.1) is 0 Å². The quantitative estimate of drug-likeness (QED) is 0.576. The minimum atomic E-state index is -0.475. The summed E-state index contributed by atoms with van der Waals surface area (Å²) < 4.78 is 26.9. The second-order valence-corrected chi connectivity index (χ2v) is 4.35. The van der Waals surface area contributed by atoms with E-state index >= 15 is 0 Å². The van der Waals surface area contributed by atoms with Crippen molar-refractivity contribution < 1.29 is 8.78 Å². The molecular weight excluding hydrogens is 258 g/mol. The van der Waals surface area contributed by atoms with E-state index in [9.17, 15) is 19.3 Å². The average molecular weight is 264 g/mol. The van der Waals surface area contributed by atoms with E-state index in [1.807, 2.05) is 12.1 Å². The van der Waals surface area contributed by atoms with Gasteiger partial charge in [-0.25, -0.2) is 8.78 Å². The zero-order chi connectivity index (χ0) is 14.3. The molecule has 0 atom stereocenters. The van der Waals surface area contributed by atoms with Crippen LogP contribution in [0, 0.1) is 34.3 Å². The molecule has 4 heteroatoms. The Hall–Kier alpha value is -2.98. The minimum Gasteiger partial charge on any atom is -0.207 e. The SMILES string of the molecule is N#Cc1c(C#N)c2ccc(F)cc2c2cc(F)ccc12. The number of rotatable bonds is 0. The number of fused-ring (bicyclic) bond motifs is 3. The molecule has 3 aromatic rings. The van der Waals surface area contributed by atoms with Gasteiger partial charge in [0.25, 0.3) is 0 Å². The Kier molecular flexibility index (Phi) is 2.59. The van der Waals surface area contributed by atoms with Crippen LogP contribution in [-0.4, -0.2) is 0 Å². The monoisotopic (exact) mass is 264 g/mol. The molecule has 0 bridgehead atoms. The van der Waals surface area contributed by atoms with E-state index in [0.29, 0.717) is 21.5 Å². The summed E-state index contributed by atoms with van der Waals surface area (Å²) in [4.78, 5) is 0. The van der Waals surface area contributed by atoms with E-state index in [-0.39, 0.29) is 11.1 Å². The lowest BCUT2D eigenvalue weighted by Gasteiger charge is -2.09. The Bertz CT molecular complexity index is 868. The Morgan fingerprint density at radius 2 is 1.05 bits per heavy atom. The number of nitrogens with zero attached hydrogens (tertiary/aromatic N) is 2. The maximum absolute atomic E-state index is 13.4. The summed E-state index contributed by atoms with van der Waals surface area (Å²) in [5.41, 5.74) is 0.364. The van der Waals surface area contributed by atoms with E-state index in [0.717, 1.165) is 0 Å². The van der Waals surface area contributed by atoms with Crippen LogP contribution in [0.1, 0.15) is 11.1 Å². The lowest BCUT2D eigenvalue weighted by molar-refractivity contribution is 0.628. The van der Waals surface area contributed by atoms with Crippen LogP contribution in [0.15, 0.2) is 36.4 Å². The van der Waals surface area contributed by atoms with Crippen molar-refractivity contribution in [3.05, 3.63) is 59.2 Å². The first kappa shape index (κ1) is 12.1. The highest BCUT2D eigenvalue weighted by molar-refractivity contribution is 6.12. The van der Waals surface area contributed by atoms with Crippen molar-refractivity contribution in [2.75, 3.05) is 0 Å². The molecule has 3 aromatic carbocycles. The predicted octanol–water partition coefficient (Wildman–Crippen LogP) is 4.01. The summed E-state index contributed by atoms with van der Waals surface area (Å²) in [5, 5.41) is 20.3. The van der Waals surface area contributed by atoms with Crippen molar-refractivity contribution in [3.8, 4) is 12.1 Å². The standard InChI is InChI=1S/C16H6F2N2/c17-9-1-3-11-13(5-9)14-6-10(18)2-4-12(14)16(8-20)15(11)7-19/h1-6H. The predicted molar refractivity (Wildman–Crippen MR) is 70.8 cm³/mol. The summed E-state index contributed by atoms with van der Waals surface area (Å²) in [7, 11) is 0. The highest BCUT2D eigenvalue weighted by Gasteiger charge is 2.15. The van der Waals surface area contributed by atoms with Crippen LogP contribution in [0.5, 0.6) is 0 Å². The molecule has 0 saturated carbocycles. The van der Waals surface area contributed by atoms with Crippen LogP contribution in [0.2, 0.25) is 0 Å². The summed E-state index contributed by atoms with van der Waals surface area (Å²) in [6.45, 7) is 0. The molecule has 0 N–H and O–H groups in total. The van der Waals surface area contributed by atoms with E-state index in [4.69, 9.17) is 0 Å². The molecule has 0 spiro atoms. The van der Waals surface area contributed by atoms with E-state index in [1.165, 1.54) is 36.4 Å². The molecular formula is C16H6F2N2. The molecule has 0 fully saturated rings. The molecule has 0 heterocycles. The molecule has 0 aliphatic carbocycles. The van der Waals surface area contributed by atoms with Crippen molar-refractivity contribution in [1.82, 2.24) is 0 Å². The molecule has 0 unspecified atom stereocenters. The van der Waals surface area contributed by atoms with Gasteiger partial charge in [-0.2, -0.15) is 10.5 Å². The van der Waals surface area contributed by atoms with Crippen molar-refractivity contribution in [2.24, 2.45) is 0 Å². The Morgan fingerprint density at radius 1 is 0.650 bits per heavy atom. The zero-order valence-corrected chi connectivity index (χ0v) is 10.1. The van der Waals surface area contributed by atoms with E-state index in [2.05, 4.69) is 0 Å². The highest BCUT2D eigenvalue weighted by Crippen LogP contribution is 2.33. The molecule has 3 rings (SSSR count). The largest absolute Gasteiger partial charge is 0.207 e. The highest BCUT2D eigenvalue weighted by atomic mass is 19.1. The number of benzene rings is 3. The molecule has 0 radical (unpaired) electrons. The van der Waals surface area contributed by atoms with Crippen molar-refractivity contribution in [1.29, 1.82) is 10.5 Å². The average Bonchev–Trinajstić information content (AvgIpc) is 2.45. The summed E-state index contributed by atoms with van der Waals surface area (Å²) in [5.74, 6) is -0.951. The van der Waals surface area contributed by atoms with Gasteiger partial charge in [0.2, 0.25) is 0 Å². The lowest BCUT2D eigenvalue weighted by Crippen LogP contribution is -1.92. The fourth-order valence-corrected chi connectivity index (χ4v) is 2.42. The number of hydrogen-bond donors (Lipinski definition) is 0. The number of nitriles is 2. The van der Waals surface area contributed by atoms with Crippen LogP contribution in [0.3, 0.4) is 0 Å². The Balaban J connectivity index is 2.70. The second kappa shape index (κ2) is 4.29. The smallest absolute Gasteiger partial charge is 0.123 e. The number of hydrogen-bond acceptors (Lipinski definition) is 2. The topological polar surface area (TPSA) is 47.6 Å². The van der Waals surface area contributed by atoms with Crippen LogP contribution in [-0.2, 0) is 0 Å². The van der Waals surface area contributed by atoms with Crippen LogP contribution in [0.25, 0.3) is 21.5 Å². The summed E-state index contributed by atoms with van der Waals surface area (Å²) in [6, 6.07) is 11.8. The second-order valence-electron chi connectivity index (χ2n) is 4.35. The molecule has 20 heavy (non-hydrogen) atoms. The van der Waals surface area contributed by atoms with Gasteiger partial charge in [-0.3, -0.25) is 0 Å². The molecule has 0 amide bonds. The van der Waals surface area contributed by atoms with Crippen LogP contribution in [0.4, 0.5) is 8.78 Å². The third-order valence-corrected chi connectivity index (χ3v) is 3.27. The van der Waals surface area contributed by atoms with Gasteiger partial charge in [-0.1, -0.05) is 12.1 Å². The third kappa shape index (κ3) is 1.60. The molecule has 0 saturated heterocycles. The van der Waals surface area contributed by atoms with Gasteiger partial charge < -0.3 is 0 Å². The van der Waals surface area contributed by atoms with Gasteiger partial charge >= 0.3 is 0 Å². The molecule has 0 aromatic heterocycles. The first-order valence-corrected chi connectivity index (χ1v) is 5.80. The fourth-order valence-electron chi connectivity index (χ4n) is 2.42. The fraction of sp³-hybridized carbons (Fsp3) is 0. The maximum atomic E-state index is 13.4. The maximum Gasteiger partial charge on any atom is 0.123 e. The van der Waals surface area contributed by atoms with Gasteiger partial charge in [0.15, 0.2) is 0 Å². The van der Waals surface area contributed by atoms with Crippen LogP contribution < -0.4 is 0 Å². The molecule has 0 aliphatic rings. The molecule has 94 valence electrons. The van der Waals surface area contributed by atoms with E-state index < -0.39 is 11.6 Å². The van der Waals surface area contributed by atoms with Gasteiger partial charge in [0, 0.05) is 10.8 Å². The molecule has 2 nitrogen and oxygen atoms in total. The molecule has 0 aliphatic heterocycles. The number of halogens is 2. The zero-order valence-electron chi connectivity index (χ0n) is 10.1. The van der Waals surface area contributed by atoms with Crippen LogP contribution >= 0.6 is 0 Å². The van der Waals surface area contributed by atoms with Gasteiger partial charge in [0.1, 0.15) is 23.8 Å². The Morgan fingerprint density at radius 3 is 1.40 bits per heavy atom. The van der Waals surface area contributed by atoms with Gasteiger partial charge in [0.05, 0.1) is 11.1 Å².